The van der Waals surface area contributed by atoms with Gasteiger partial charge in [-0.15, -0.1) is 5.10 Å². The third kappa shape index (κ3) is 3.72. The monoisotopic (exact) mass is 409 g/mol. The summed E-state index contributed by atoms with van der Waals surface area (Å²) in [4.78, 5) is 12.1. The summed E-state index contributed by atoms with van der Waals surface area (Å²) in [7, 11) is 0. The Balaban J connectivity index is 1.43. The molecule has 3 aromatic rings. The van der Waals surface area contributed by atoms with E-state index >= 15 is 0 Å². The summed E-state index contributed by atoms with van der Waals surface area (Å²) < 4.78 is 2.82. The Morgan fingerprint density at radius 1 is 1.15 bits per heavy atom. The van der Waals surface area contributed by atoms with Gasteiger partial charge in [0, 0.05) is 21.8 Å². The van der Waals surface area contributed by atoms with E-state index in [1.54, 1.807) is 6.08 Å². The van der Waals surface area contributed by atoms with Crippen LogP contribution < -0.4 is 5.32 Å². The van der Waals surface area contributed by atoms with Crippen molar-refractivity contribution in [2.24, 2.45) is 0 Å². The molecule has 0 atom stereocenters. The van der Waals surface area contributed by atoms with Gasteiger partial charge in [-0.2, -0.15) is 0 Å². The van der Waals surface area contributed by atoms with E-state index in [9.17, 15) is 4.79 Å². The van der Waals surface area contributed by atoms with Crippen molar-refractivity contribution >= 4 is 33.6 Å². The van der Waals surface area contributed by atoms with E-state index in [4.69, 9.17) is 0 Å². The van der Waals surface area contributed by atoms with Gasteiger partial charge in [-0.3, -0.25) is 4.79 Å². The van der Waals surface area contributed by atoms with Crippen LogP contribution in [0.3, 0.4) is 0 Å². The molecule has 7 heteroatoms. The molecular weight excluding hydrogens is 394 g/mol. The highest BCUT2D eigenvalue weighted by atomic mass is 79.9. The Hall–Kier alpha value is -2.80. The van der Waals surface area contributed by atoms with Crippen molar-refractivity contribution in [2.75, 3.05) is 5.32 Å². The smallest absolute Gasteiger partial charge is 0.248 e. The maximum absolute atomic E-state index is 12.1. The van der Waals surface area contributed by atoms with E-state index in [1.165, 1.54) is 6.08 Å². The molecule has 0 radical (unpaired) electrons. The van der Waals surface area contributed by atoms with Crippen molar-refractivity contribution in [3.8, 4) is 11.4 Å². The molecule has 1 saturated carbocycles. The Morgan fingerprint density at radius 2 is 1.92 bits per heavy atom. The van der Waals surface area contributed by atoms with Gasteiger partial charge in [0.05, 0.1) is 6.04 Å². The van der Waals surface area contributed by atoms with Crippen molar-refractivity contribution in [2.45, 2.75) is 18.9 Å². The minimum Gasteiger partial charge on any atom is -0.323 e. The lowest BCUT2D eigenvalue weighted by Crippen LogP contribution is -2.07. The van der Waals surface area contributed by atoms with Gasteiger partial charge in [0.1, 0.15) is 0 Å². The summed E-state index contributed by atoms with van der Waals surface area (Å²) in [6.45, 7) is 0. The second kappa shape index (κ2) is 7.21. The number of anilines is 1. The first kappa shape index (κ1) is 16.7. The molecule has 6 nitrogen and oxygen atoms in total. The standard InChI is InChI=1S/C19H16BrN5O/c20-17-4-2-1-3-13(17)7-12-18(26)21-15-8-5-14(6-9-15)19-22-23-24-25(19)16-10-11-16/h1-9,12,16H,10-11H2,(H,21,26)/b12-7+. The number of halogens is 1. The van der Waals surface area contributed by atoms with Gasteiger partial charge >= 0.3 is 0 Å². The minimum absolute atomic E-state index is 0.184. The van der Waals surface area contributed by atoms with Crippen LogP contribution in [0, 0.1) is 0 Å². The zero-order valence-electron chi connectivity index (χ0n) is 13.8. The van der Waals surface area contributed by atoms with E-state index in [1.807, 2.05) is 53.2 Å². The molecule has 1 fully saturated rings. The summed E-state index contributed by atoms with van der Waals surface area (Å²) in [5.41, 5.74) is 2.61. The largest absolute Gasteiger partial charge is 0.323 e. The van der Waals surface area contributed by atoms with Gasteiger partial charge in [0.2, 0.25) is 5.91 Å². The SMILES string of the molecule is O=C(/C=C/c1ccccc1Br)Nc1ccc(-c2nnnn2C2CC2)cc1. The fourth-order valence-electron chi connectivity index (χ4n) is 2.61. The van der Waals surface area contributed by atoms with Gasteiger partial charge < -0.3 is 5.32 Å². The van der Waals surface area contributed by atoms with E-state index < -0.39 is 0 Å². The topological polar surface area (TPSA) is 72.7 Å². The molecular formula is C19H16BrN5O. The molecule has 26 heavy (non-hydrogen) atoms. The van der Waals surface area contributed by atoms with E-state index in [-0.39, 0.29) is 5.91 Å². The number of benzene rings is 2. The maximum Gasteiger partial charge on any atom is 0.248 e. The van der Waals surface area contributed by atoms with Crippen LogP contribution in [0.2, 0.25) is 0 Å². The van der Waals surface area contributed by atoms with Crippen LogP contribution in [0.15, 0.2) is 59.1 Å². The summed E-state index contributed by atoms with van der Waals surface area (Å²) in [6.07, 6.45) is 5.53. The number of rotatable bonds is 5. The number of carbonyl (C=O) groups excluding carboxylic acids is 1. The summed E-state index contributed by atoms with van der Waals surface area (Å²) in [5.74, 6) is 0.579. The highest BCUT2D eigenvalue weighted by Gasteiger charge is 2.28. The van der Waals surface area contributed by atoms with Crippen LogP contribution in [0.5, 0.6) is 0 Å². The fourth-order valence-corrected chi connectivity index (χ4v) is 3.03. The Morgan fingerprint density at radius 3 is 2.65 bits per heavy atom. The van der Waals surface area contributed by atoms with Crippen molar-refractivity contribution in [1.82, 2.24) is 20.2 Å². The molecule has 1 N–H and O–H groups in total. The average Bonchev–Trinajstić information content (AvgIpc) is 3.38. The second-order valence-corrected chi connectivity index (χ2v) is 6.95. The first-order valence-electron chi connectivity index (χ1n) is 8.32. The summed E-state index contributed by atoms with van der Waals surface area (Å²) in [6, 6.07) is 15.7. The van der Waals surface area contributed by atoms with Crippen LogP contribution in [-0.2, 0) is 4.79 Å². The van der Waals surface area contributed by atoms with E-state index in [0.29, 0.717) is 6.04 Å². The van der Waals surface area contributed by atoms with Gasteiger partial charge in [-0.25, -0.2) is 4.68 Å². The number of hydrogen-bond acceptors (Lipinski definition) is 4. The highest BCUT2D eigenvalue weighted by molar-refractivity contribution is 9.10. The van der Waals surface area contributed by atoms with Gasteiger partial charge in [0.25, 0.3) is 0 Å². The number of amides is 1. The number of nitrogens with one attached hydrogen (secondary N) is 1. The third-order valence-electron chi connectivity index (χ3n) is 4.12. The van der Waals surface area contributed by atoms with Gasteiger partial charge in [0.15, 0.2) is 5.82 Å². The van der Waals surface area contributed by atoms with Gasteiger partial charge in [-0.05, 0) is 65.2 Å². The Kier molecular flexibility index (Phi) is 4.62. The van der Waals surface area contributed by atoms with Crippen LogP contribution in [0.25, 0.3) is 17.5 Å². The van der Waals surface area contributed by atoms with Crippen LogP contribution in [0.1, 0.15) is 24.4 Å². The first-order chi connectivity index (χ1) is 12.7. The highest BCUT2D eigenvalue weighted by Crippen LogP contribution is 2.36. The zero-order valence-corrected chi connectivity index (χ0v) is 15.4. The zero-order chi connectivity index (χ0) is 17.9. The Labute approximate surface area is 159 Å². The van der Waals surface area contributed by atoms with Crippen molar-refractivity contribution in [3.05, 3.63) is 64.6 Å². The summed E-state index contributed by atoms with van der Waals surface area (Å²) >= 11 is 3.46. The third-order valence-corrected chi connectivity index (χ3v) is 4.84. The molecule has 0 unspecified atom stereocenters. The molecule has 1 aliphatic rings. The normalized spacial score (nSPS) is 13.9. The number of tetrazole rings is 1. The van der Waals surface area contributed by atoms with Crippen LogP contribution in [-0.4, -0.2) is 26.1 Å². The fraction of sp³-hybridized carbons (Fsp3) is 0.158. The molecule has 1 amide bonds. The average molecular weight is 410 g/mol. The molecule has 1 aromatic heterocycles. The molecule has 0 bridgehead atoms. The van der Waals surface area contributed by atoms with Crippen LogP contribution >= 0.6 is 15.9 Å². The molecule has 1 aliphatic carbocycles. The quantitative estimate of drug-likeness (QED) is 0.644. The molecule has 4 rings (SSSR count). The summed E-state index contributed by atoms with van der Waals surface area (Å²) in [5, 5.41) is 14.8. The van der Waals surface area contributed by atoms with E-state index in [2.05, 4.69) is 36.8 Å². The lowest BCUT2D eigenvalue weighted by atomic mass is 10.2. The van der Waals surface area contributed by atoms with Crippen molar-refractivity contribution in [1.29, 1.82) is 0 Å². The Bertz CT molecular complexity index is 960. The maximum atomic E-state index is 12.1. The predicted octanol–water partition coefficient (Wildman–Crippen LogP) is 4.09. The molecule has 0 spiro atoms. The number of aromatic nitrogens is 4. The van der Waals surface area contributed by atoms with Gasteiger partial charge in [-0.1, -0.05) is 34.1 Å². The lowest BCUT2D eigenvalue weighted by Gasteiger charge is -2.05. The molecule has 130 valence electrons. The van der Waals surface area contributed by atoms with Crippen molar-refractivity contribution < 1.29 is 4.79 Å². The second-order valence-electron chi connectivity index (χ2n) is 6.10. The van der Waals surface area contributed by atoms with Crippen molar-refractivity contribution in [3.63, 3.8) is 0 Å². The lowest BCUT2D eigenvalue weighted by molar-refractivity contribution is -0.111. The molecule has 0 aliphatic heterocycles. The number of hydrogen-bond donors (Lipinski definition) is 1. The predicted molar refractivity (Wildman–Crippen MR) is 103 cm³/mol. The molecule has 2 aromatic carbocycles. The number of carbonyl (C=O) groups is 1. The minimum atomic E-state index is -0.184. The van der Waals surface area contributed by atoms with E-state index in [0.717, 1.165) is 40.0 Å². The number of nitrogens with zero attached hydrogens (tertiary/aromatic N) is 4. The molecule has 0 saturated heterocycles. The first-order valence-corrected chi connectivity index (χ1v) is 9.12. The molecule has 1 heterocycles. The van der Waals surface area contributed by atoms with Crippen LogP contribution in [0.4, 0.5) is 5.69 Å².